The molecule has 0 aliphatic heterocycles. The zero-order chi connectivity index (χ0) is 22.3. The maximum Gasteiger partial charge on any atom is 0.0351 e. The summed E-state index contributed by atoms with van der Waals surface area (Å²) in [6.45, 7) is 2.32. The Hall–Kier alpha value is -1.96. The van der Waals surface area contributed by atoms with Gasteiger partial charge in [0, 0.05) is 11.4 Å². The lowest BCUT2D eigenvalue weighted by Gasteiger charge is -2.38. The van der Waals surface area contributed by atoms with Crippen molar-refractivity contribution >= 4 is 11.4 Å². The van der Waals surface area contributed by atoms with Gasteiger partial charge in [0.15, 0.2) is 0 Å². The highest BCUT2D eigenvalue weighted by atomic mass is 14.6. The minimum atomic E-state index is 0.753. The Bertz CT molecular complexity index is 824. The minimum absolute atomic E-state index is 0.753. The second-order valence-corrected chi connectivity index (χ2v) is 10.8. The summed E-state index contributed by atoms with van der Waals surface area (Å²) in [6.07, 6.45) is 18.3. The first-order chi connectivity index (χ1) is 15.6. The highest BCUT2D eigenvalue weighted by molar-refractivity contribution is 5.56. The first-order valence-corrected chi connectivity index (χ1v) is 13.3. The standard InChI is InChI=1S/C30H44N2/c1-2-3-4-5-22-6-10-24(11-7-22)26-14-16-27(17-15-26)25-12-8-23(9-13-25)20-28-21-29(31)18-19-30(28)32/h8-9,12-13,18-19,21-22,24,26-27H,2-7,10-11,14-17,20,31-32H2,1H3. The van der Waals surface area contributed by atoms with Gasteiger partial charge in [-0.05, 0) is 104 Å². The molecule has 0 atom stereocenters. The first-order valence-electron chi connectivity index (χ1n) is 13.3. The number of benzene rings is 2. The Kier molecular flexibility index (Phi) is 8.16. The highest BCUT2D eigenvalue weighted by Crippen LogP contribution is 2.44. The van der Waals surface area contributed by atoms with Crippen LogP contribution in [0.4, 0.5) is 11.4 Å². The SMILES string of the molecule is CCCCCC1CCC(C2CCC(c3ccc(Cc4cc(N)ccc4N)cc3)CC2)CC1. The second kappa shape index (κ2) is 11.3. The summed E-state index contributed by atoms with van der Waals surface area (Å²) in [5.41, 5.74) is 17.7. The molecule has 2 saturated carbocycles. The lowest BCUT2D eigenvalue weighted by atomic mass is 9.68. The molecular weight excluding hydrogens is 388 g/mol. The van der Waals surface area contributed by atoms with E-state index in [-0.39, 0.29) is 0 Å². The number of hydrogen-bond donors (Lipinski definition) is 2. The largest absolute Gasteiger partial charge is 0.399 e. The van der Waals surface area contributed by atoms with Crippen LogP contribution in [0.2, 0.25) is 0 Å². The van der Waals surface area contributed by atoms with Gasteiger partial charge in [0.25, 0.3) is 0 Å². The number of nitrogen functional groups attached to an aromatic ring is 2. The molecule has 2 aliphatic carbocycles. The van der Waals surface area contributed by atoms with Crippen molar-refractivity contribution in [2.24, 2.45) is 17.8 Å². The van der Waals surface area contributed by atoms with Crippen LogP contribution in [0.1, 0.15) is 107 Å². The molecule has 4 rings (SSSR count). The zero-order valence-corrected chi connectivity index (χ0v) is 20.2. The van der Waals surface area contributed by atoms with Gasteiger partial charge < -0.3 is 11.5 Å². The third kappa shape index (κ3) is 6.09. The van der Waals surface area contributed by atoms with Crippen molar-refractivity contribution in [3.8, 4) is 0 Å². The maximum absolute atomic E-state index is 6.14. The van der Waals surface area contributed by atoms with Gasteiger partial charge in [0.2, 0.25) is 0 Å². The summed E-state index contributed by atoms with van der Waals surface area (Å²) >= 11 is 0. The van der Waals surface area contributed by atoms with E-state index in [1.54, 1.807) is 0 Å². The lowest BCUT2D eigenvalue weighted by molar-refractivity contribution is 0.155. The normalized spacial score (nSPS) is 26.2. The smallest absolute Gasteiger partial charge is 0.0351 e. The molecule has 2 heteroatoms. The summed E-state index contributed by atoms with van der Waals surface area (Å²) in [5, 5.41) is 0. The van der Waals surface area contributed by atoms with Gasteiger partial charge in [-0.25, -0.2) is 0 Å². The quantitative estimate of drug-likeness (QED) is 0.327. The molecule has 0 amide bonds. The molecule has 2 fully saturated rings. The van der Waals surface area contributed by atoms with Gasteiger partial charge in [0.05, 0.1) is 0 Å². The van der Waals surface area contributed by atoms with Crippen molar-refractivity contribution in [2.75, 3.05) is 11.5 Å². The van der Waals surface area contributed by atoms with E-state index in [0.29, 0.717) is 0 Å². The zero-order valence-electron chi connectivity index (χ0n) is 20.2. The number of rotatable bonds is 8. The molecule has 32 heavy (non-hydrogen) atoms. The summed E-state index contributed by atoms with van der Waals surface area (Å²) in [5.74, 6) is 3.80. The topological polar surface area (TPSA) is 52.0 Å². The van der Waals surface area contributed by atoms with Crippen LogP contribution < -0.4 is 11.5 Å². The summed E-state index contributed by atoms with van der Waals surface area (Å²) in [7, 11) is 0. The third-order valence-corrected chi connectivity index (χ3v) is 8.56. The van der Waals surface area contributed by atoms with E-state index in [1.807, 2.05) is 18.2 Å². The van der Waals surface area contributed by atoms with Crippen molar-refractivity contribution in [1.29, 1.82) is 0 Å². The van der Waals surface area contributed by atoms with Crippen LogP contribution in [0.15, 0.2) is 42.5 Å². The van der Waals surface area contributed by atoms with Gasteiger partial charge in [0.1, 0.15) is 0 Å². The Morgan fingerprint density at radius 1 is 0.750 bits per heavy atom. The fourth-order valence-electron chi connectivity index (χ4n) is 6.46. The Morgan fingerprint density at radius 2 is 1.41 bits per heavy atom. The maximum atomic E-state index is 6.14. The molecule has 2 aromatic rings. The van der Waals surface area contributed by atoms with E-state index >= 15 is 0 Å². The summed E-state index contributed by atoms with van der Waals surface area (Å²) < 4.78 is 0. The van der Waals surface area contributed by atoms with Gasteiger partial charge in [-0.2, -0.15) is 0 Å². The molecule has 0 heterocycles. The van der Waals surface area contributed by atoms with Crippen LogP contribution in [0.5, 0.6) is 0 Å². The van der Waals surface area contributed by atoms with E-state index in [1.165, 1.54) is 88.2 Å². The van der Waals surface area contributed by atoms with Crippen molar-refractivity contribution in [2.45, 2.75) is 96.3 Å². The molecule has 0 bridgehead atoms. The summed E-state index contributed by atoms with van der Waals surface area (Å²) in [4.78, 5) is 0. The molecule has 4 N–H and O–H groups in total. The predicted octanol–water partition coefficient (Wildman–Crippen LogP) is 8.10. The van der Waals surface area contributed by atoms with Crippen LogP contribution in [-0.2, 0) is 6.42 Å². The first kappa shape index (κ1) is 23.2. The van der Waals surface area contributed by atoms with E-state index in [4.69, 9.17) is 11.5 Å². The van der Waals surface area contributed by atoms with E-state index in [2.05, 4.69) is 31.2 Å². The fraction of sp³-hybridized carbons (Fsp3) is 0.600. The molecule has 0 spiro atoms. The number of hydrogen-bond acceptors (Lipinski definition) is 2. The Morgan fingerprint density at radius 3 is 2.06 bits per heavy atom. The molecule has 2 aliphatic rings. The van der Waals surface area contributed by atoms with Crippen LogP contribution in [0, 0.1) is 17.8 Å². The highest BCUT2D eigenvalue weighted by Gasteiger charge is 2.31. The average Bonchev–Trinajstić information content (AvgIpc) is 2.83. The van der Waals surface area contributed by atoms with Crippen molar-refractivity contribution < 1.29 is 0 Å². The van der Waals surface area contributed by atoms with Crippen molar-refractivity contribution in [1.82, 2.24) is 0 Å². The molecule has 174 valence electrons. The van der Waals surface area contributed by atoms with Crippen LogP contribution in [-0.4, -0.2) is 0 Å². The molecular formula is C30H44N2. The summed E-state index contributed by atoms with van der Waals surface area (Å²) in [6, 6.07) is 15.1. The fourth-order valence-corrected chi connectivity index (χ4v) is 6.46. The van der Waals surface area contributed by atoms with Crippen LogP contribution >= 0.6 is 0 Å². The van der Waals surface area contributed by atoms with Gasteiger partial charge in [-0.3, -0.25) is 0 Å². The van der Waals surface area contributed by atoms with Crippen LogP contribution in [0.25, 0.3) is 0 Å². The minimum Gasteiger partial charge on any atom is -0.399 e. The van der Waals surface area contributed by atoms with Gasteiger partial charge in [-0.1, -0.05) is 69.7 Å². The molecule has 0 radical (unpaired) electrons. The average molecular weight is 433 g/mol. The lowest BCUT2D eigenvalue weighted by Crippen LogP contribution is -2.25. The van der Waals surface area contributed by atoms with Gasteiger partial charge in [-0.15, -0.1) is 0 Å². The monoisotopic (exact) mass is 432 g/mol. The van der Waals surface area contributed by atoms with E-state index in [0.717, 1.165) is 47.0 Å². The Labute approximate surface area is 196 Å². The predicted molar refractivity (Wildman–Crippen MR) is 139 cm³/mol. The molecule has 0 saturated heterocycles. The third-order valence-electron chi connectivity index (χ3n) is 8.56. The molecule has 2 nitrogen and oxygen atoms in total. The Balaban J connectivity index is 1.23. The number of unbranched alkanes of at least 4 members (excludes halogenated alkanes) is 2. The second-order valence-electron chi connectivity index (χ2n) is 10.8. The van der Waals surface area contributed by atoms with E-state index < -0.39 is 0 Å². The number of anilines is 2. The van der Waals surface area contributed by atoms with Crippen molar-refractivity contribution in [3.05, 3.63) is 59.2 Å². The van der Waals surface area contributed by atoms with Crippen LogP contribution in [0.3, 0.4) is 0 Å². The van der Waals surface area contributed by atoms with Gasteiger partial charge >= 0.3 is 0 Å². The van der Waals surface area contributed by atoms with E-state index in [9.17, 15) is 0 Å². The molecule has 0 aromatic heterocycles. The number of nitrogens with two attached hydrogens (primary N) is 2. The molecule has 2 aromatic carbocycles. The van der Waals surface area contributed by atoms with Crippen molar-refractivity contribution in [3.63, 3.8) is 0 Å². The molecule has 0 unspecified atom stereocenters.